The Bertz CT molecular complexity index is 900. The van der Waals surface area contributed by atoms with Crippen molar-refractivity contribution >= 4 is 34.9 Å². The maximum absolute atomic E-state index is 12.5. The molecule has 148 valence electrons. The molecule has 0 aliphatic rings. The minimum atomic E-state index is -1.12. The molecule has 2 atom stereocenters. The zero-order chi connectivity index (χ0) is 20.8. The zero-order valence-corrected chi connectivity index (χ0v) is 16.5. The van der Waals surface area contributed by atoms with Crippen molar-refractivity contribution in [1.29, 1.82) is 0 Å². The summed E-state index contributed by atoms with van der Waals surface area (Å²) in [6, 6.07) is 10.9. The maximum atomic E-state index is 12.5. The summed E-state index contributed by atoms with van der Waals surface area (Å²) in [5.41, 5.74) is 1.17. The summed E-state index contributed by atoms with van der Waals surface area (Å²) in [6.45, 7) is 5.53. The van der Waals surface area contributed by atoms with Crippen LogP contribution in [0.3, 0.4) is 0 Å². The number of nitrogens with zero attached hydrogens (tertiary/aromatic N) is 1. The number of hydrogen-bond acceptors (Lipinski definition) is 5. The number of halogens is 1. The third-order valence-corrected chi connectivity index (χ3v) is 4.73. The fourth-order valence-corrected chi connectivity index (χ4v) is 2.75. The van der Waals surface area contributed by atoms with Gasteiger partial charge >= 0.3 is 5.97 Å². The summed E-state index contributed by atoms with van der Waals surface area (Å²) >= 11 is 5.94. The Balaban J connectivity index is 2.12. The molecule has 2 aromatic carbocycles. The molecule has 0 fully saturated rings. The van der Waals surface area contributed by atoms with Crippen molar-refractivity contribution in [3.05, 3.63) is 68.7 Å². The number of nitro benzene ring substituents is 1. The number of carbonyl (C=O) groups excluding carboxylic acids is 2. The summed E-state index contributed by atoms with van der Waals surface area (Å²) < 4.78 is 5.15. The van der Waals surface area contributed by atoms with Gasteiger partial charge in [-0.3, -0.25) is 14.9 Å². The van der Waals surface area contributed by atoms with Crippen LogP contribution >= 0.6 is 11.6 Å². The van der Waals surface area contributed by atoms with Gasteiger partial charge in [-0.15, -0.1) is 0 Å². The van der Waals surface area contributed by atoms with Crippen LogP contribution in [0.25, 0.3) is 0 Å². The number of nitrogens with one attached hydrogen (secondary N) is 1. The number of para-hydroxylation sites is 1. The minimum absolute atomic E-state index is 0.00493. The molecule has 2 rings (SSSR count). The number of rotatable bonds is 7. The highest BCUT2D eigenvalue weighted by atomic mass is 35.5. The lowest BCUT2D eigenvalue weighted by Gasteiger charge is -2.18. The second kappa shape index (κ2) is 9.32. The molecule has 0 bridgehead atoms. The molecule has 0 radical (unpaired) electrons. The van der Waals surface area contributed by atoms with Crippen LogP contribution in [0.5, 0.6) is 0 Å². The van der Waals surface area contributed by atoms with E-state index in [1.807, 2.05) is 12.1 Å². The fraction of sp³-hybridized carbons (Fsp3) is 0.300. The summed E-state index contributed by atoms with van der Waals surface area (Å²) in [5.74, 6) is -1.17. The third kappa shape index (κ3) is 5.07. The topological polar surface area (TPSA) is 98.5 Å². The smallest absolute Gasteiger partial charge is 0.340 e. The zero-order valence-electron chi connectivity index (χ0n) is 15.8. The van der Waals surface area contributed by atoms with Gasteiger partial charge in [0.15, 0.2) is 6.10 Å². The number of hydrogen-bond donors (Lipinski definition) is 1. The number of amides is 1. The van der Waals surface area contributed by atoms with Crippen molar-refractivity contribution < 1.29 is 19.2 Å². The van der Waals surface area contributed by atoms with Crippen LogP contribution in [0, 0.1) is 10.1 Å². The minimum Gasteiger partial charge on any atom is -0.449 e. The van der Waals surface area contributed by atoms with Crippen molar-refractivity contribution in [2.45, 2.75) is 39.2 Å². The van der Waals surface area contributed by atoms with E-state index < -0.39 is 22.9 Å². The molecule has 0 saturated heterocycles. The first-order chi connectivity index (χ1) is 13.2. The number of non-ortho nitro benzene ring substituents is 1. The van der Waals surface area contributed by atoms with E-state index >= 15 is 0 Å². The Labute approximate surface area is 167 Å². The maximum Gasteiger partial charge on any atom is 0.340 e. The average molecular weight is 405 g/mol. The van der Waals surface area contributed by atoms with Crippen molar-refractivity contribution in [2.24, 2.45) is 0 Å². The van der Waals surface area contributed by atoms with Crippen LogP contribution < -0.4 is 5.32 Å². The molecule has 0 aromatic heterocycles. The summed E-state index contributed by atoms with van der Waals surface area (Å²) in [6.07, 6.45) is -0.212. The first kappa shape index (κ1) is 21.4. The standard InChI is InChI=1S/C20H21ClN2O5/c1-4-12(2)15-7-5-6-8-18(15)22-19(24)13(3)28-20(25)16-11-14(23(26)27)9-10-17(16)21/h5-13H,4H2,1-3H3,(H,22,24)/t12-,13+/m1/s1. The quantitative estimate of drug-likeness (QED) is 0.400. The SMILES string of the molecule is CC[C@@H](C)c1ccccc1NC(=O)[C@H](C)OC(=O)c1cc([N+](=O)[O-])ccc1Cl. The highest BCUT2D eigenvalue weighted by molar-refractivity contribution is 6.33. The molecule has 0 aliphatic carbocycles. The number of anilines is 1. The number of benzene rings is 2. The van der Waals surface area contributed by atoms with E-state index in [1.165, 1.54) is 19.1 Å². The van der Waals surface area contributed by atoms with Crippen molar-refractivity contribution in [3.63, 3.8) is 0 Å². The van der Waals surface area contributed by atoms with Crippen molar-refractivity contribution in [1.82, 2.24) is 0 Å². The Hall–Kier alpha value is -2.93. The lowest BCUT2D eigenvalue weighted by Crippen LogP contribution is -2.30. The highest BCUT2D eigenvalue weighted by Gasteiger charge is 2.23. The molecule has 0 heterocycles. The summed E-state index contributed by atoms with van der Waals surface area (Å²) in [4.78, 5) is 35.0. The lowest BCUT2D eigenvalue weighted by molar-refractivity contribution is -0.384. The van der Waals surface area contributed by atoms with Gasteiger partial charge in [0.2, 0.25) is 0 Å². The Morgan fingerprint density at radius 3 is 2.54 bits per heavy atom. The van der Waals surface area contributed by atoms with Gasteiger partial charge in [-0.1, -0.05) is 43.6 Å². The molecule has 2 aromatic rings. The van der Waals surface area contributed by atoms with E-state index in [9.17, 15) is 19.7 Å². The molecule has 0 unspecified atom stereocenters. The molecule has 0 aliphatic heterocycles. The van der Waals surface area contributed by atoms with Gasteiger partial charge in [-0.25, -0.2) is 4.79 Å². The van der Waals surface area contributed by atoms with Crippen LogP contribution in [-0.2, 0) is 9.53 Å². The van der Waals surface area contributed by atoms with Gasteiger partial charge in [-0.2, -0.15) is 0 Å². The fourth-order valence-electron chi connectivity index (χ4n) is 2.56. The Morgan fingerprint density at radius 1 is 1.21 bits per heavy atom. The van der Waals surface area contributed by atoms with E-state index in [2.05, 4.69) is 19.2 Å². The number of carbonyl (C=O) groups is 2. The number of ether oxygens (including phenoxy) is 1. The number of nitro groups is 1. The molecular formula is C20H21ClN2O5. The van der Waals surface area contributed by atoms with Crippen LogP contribution in [0.4, 0.5) is 11.4 Å². The predicted octanol–water partition coefficient (Wildman–Crippen LogP) is 4.95. The molecule has 28 heavy (non-hydrogen) atoms. The Morgan fingerprint density at radius 2 is 1.89 bits per heavy atom. The van der Waals surface area contributed by atoms with Gasteiger partial charge < -0.3 is 10.1 Å². The summed E-state index contributed by atoms with van der Waals surface area (Å²) in [5, 5.41) is 13.7. The largest absolute Gasteiger partial charge is 0.449 e. The second-order valence-corrected chi connectivity index (χ2v) is 6.76. The third-order valence-electron chi connectivity index (χ3n) is 4.40. The number of esters is 1. The molecule has 8 heteroatoms. The van der Waals surface area contributed by atoms with E-state index in [1.54, 1.807) is 12.1 Å². The predicted molar refractivity (Wildman–Crippen MR) is 107 cm³/mol. The molecule has 0 spiro atoms. The second-order valence-electron chi connectivity index (χ2n) is 6.35. The van der Waals surface area contributed by atoms with Crippen LogP contribution in [0.1, 0.15) is 49.0 Å². The van der Waals surface area contributed by atoms with E-state index in [-0.39, 0.29) is 22.2 Å². The lowest BCUT2D eigenvalue weighted by atomic mass is 9.97. The molecule has 1 N–H and O–H groups in total. The van der Waals surface area contributed by atoms with Crippen molar-refractivity contribution in [3.8, 4) is 0 Å². The van der Waals surface area contributed by atoms with Gasteiger partial charge in [-0.05, 0) is 37.0 Å². The van der Waals surface area contributed by atoms with Crippen LogP contribution in [-0.4, -0.2) is 22.9 Å². The molecule has 1 amide bonds. The Kier molecular flexibility index (Phi) is 7.12. The highest BCUT2D eigenvalue weighted by Crippen LogP contribution is 2.27. The van der Waals surface area contributed by atoms with Gasteiger partial charge in [0.05, 0.1) is 15.5 Å². The van der Waals surface area contributed by atoms with Gasteiger partial charge in [0, 0.05) is 17.8 Å². The van der Waals surface area contributed by atoms with E-state index in [4.69, 9.17) is 16.3 Å². The first-order valence-electron chi connectivity index (χ1n) is 8.79. The molecule has 0 saturated carbocycles. The van der Waals surface area contributed by atoms with Crippen LogP contribution in [0.2, 0.25) is 5.02 Å². The molecular weight excluding hydrogens is 384 g/mol. The van der Waals surface area contributed by atoms with Gasteiger partial charge in [0.1, 0.15) is 0 Å². The van der Waals surface area contributed by atoms with Gasteiger partial charge in [0.25, 0.3) is 11.6 Å². The monoisotopic (exact) mass is 404 g/mol. The normalized spacial score (nSPS) is 12.7. The van der Waals surface area contributed by atoms with E-state index in [0.29, 0.717) is 5.69 Å². The van der Waals surface area contributed by atoms with Crippen molar-refractivity contribution in [2.75, 3.05) is 5.32 Å². The molecule has 7 nitrogen and oxygen atoms in total. The average Bonchev–Trinajstić information content (AvgIpc) is 2.67. The first-order valence-corrected chi connectivity index (χ1v) is 9.17. The summed E-state index contributed by atoms with van der Waals surface area (Å²) in [7, 11) is 0. The van der Waals surface area contributed by atoms with E-state index in [0.717, 1.165) is 18.1 Å². The van der Waals surface area contributed by atoms with Crippen LogP contribution in [0.15, 0.2) is 42.5 Å².